The molecule has 3 nitrogen and oxygen atoms in total. The van der Waals surface area contributed by atoms with Crippen LogP contribution in [-0.4, -0.2) is 43.5 Å². The van der Waals surface area contributed by atoms with E-state index >= 15 is 0 Å². The monoisotopic (exact) mass is 283 g/mol. The van der Waals surface area contributed by atoms with Gasteiger partial charge in [0, 0.05) is 31.6 Å². The number of carbonyl (C=O) groups is 1. The molecule has 1 aromatic rings. The fourth-order valence-electron chi connectivity index (χ4n) is 2.35. The van der Waals surface area contributed by atoms with Crippen LogP contribution in [0, 0.1) is 13.8 Å². The summed E-state index contributed by atoms with van der Waals surface area (Å²) >= 11 is 0. The molecule has 1 fully saturated rings. The molecule has 1 aliphatic rings. The van der Waals surface area contributed by atoms with Crippen molar-refractivity contribution in [2.75, 3.05) is 32.8 Å². The summed E-state index contributed by atoms with van der Waals surface area (Å²) in [6, 6.07) is 6.03. The summed E-state index contributed by atoms with van der Waals surface area (Å²) < 4.78 is 5.30. The fourth-order valence-corrected chi connectivity index (χ4v) is 2.35. The highest BCUT2D eigenvalue weighted by Crippen LogP contribution is 2.13. The molecular formula is C15H22ClNO2. The van der Waals surface area contributed by atoms with Crippen LogP contribution in [0.15, 0.2) is 18.2 Å². The summed E-state index contributed by atoms with van der Waals surface area (Å²) in [4.78, 5) is 14.5. The quantitative estimate of drug-likeness (QED) is 0.796. The summed E-state index contributed by atoms with van der Waals surface area (Å²) in [6.07, 6.45) is 0.601. The van der Waals surface area contributed by atoms with Gasteiger partial charge in [0.1, 0.15) is 0 Å². The first-order valence-corrected chi connectivity index (χ1v) is 6.57. The van der Waals surface area contributed by atoms with Gasteiger partial charge in [-0.05, 0) is 19.4 Å². The smallest absolute Gasteiger partial charge is 0.164 e. The molecule has 19 heavy (non-hydrogen) atoms. The minimum Gasteiger partial charge on any atom is -0.379 e. The molecule has 0 saturated carbocycles. The van der Waals surface area contributed by atoms with Crippen LogP contribution in [0.3, 0.4) is 0 Å². The second-order valence-corrected chi connectivity index (χ2v) is 4.95. The lowest BCUT2D eigenvalue weighted by Gasteiger charge is -2.26. The summed E-state index contributed by atoms with van der Waals surface area (Å²) in [5.74, 6) is 0.249. The SMILES string of the molecule is Cc1ccc(C(=O)CCN2CCOCC2)c(C)c1.Cl. The van der Waals surface area contributed by atoms with Crippen molar-refractivity contribution in [3.63, 3.8) is 0 Å². The Morgan fingerprint density at radius 2 is 1.95 bits per heavy atom. The first-order chi connectivity index (χ1) is 8.66. The van der Waals surface area contributed by atoms with Crippen LogP contribution in [0.5, 0.6) is 0 Å². The molecule has 106 valence electrons. The van der Waals surface area contributed by atoms with E-state index in [1.54, 1.807) is 0 Å². The van der Waals surface area contributed by atoms with Crippen LogP contribution >= 0.6 is 12.4 Å². The van der Waals surface area contributed by atoms with E-state index in [2.05, 4.69) is 17.9 Å². The Labute approximate surface area is 121 Å². The van der Waals surface area contributed by atoms with Crippen LogP contribution in [-0.2, 0) is 4.74 Å². The maximum Gasteiger partial charge on any atom is 0.164 e. The van der Waals surface area contributed by atoms with Gasteiger partial charge in [-0.3, -0.25) is 9.69 Å². The van der Waals surface area contributed by atoms with Crippen molar-refractivity contribution < 1.29 is 9.53 Å². The van der Waals surface area contributed by atoms with Gasteiger partial charge < -0.3 is 4.74 Å². The molecule has 0 bridgehead atoms. The molecule has 1 saturated heterocycles. The van der Waals surface area contributed by atoms with Gasteiger partial charge in [0.15, 0.2) is 5.78 Å². The van der Waals surface area contributed by atoms with Gasteiger partial charge in [0.2, 0.25) is 0 Å². The lowest BCUT2D eigenvalue weighted by Crippen LogP contribution is -2.37. The van der Waals surface area contributed by atoms with Crippen LogP contribution in [0.4, 0.5) is 0 Å². The average Bonchev–Trinajstić information content (AvgIpc) is 2.37. The normalized spacial score (nSPS) is 15.9. The van der Waals surface area contributed by atoms with Crippen LogP contribution in [0.2, 0.25) is 0 Å². The van der Waals surface area contributed by atoms with Crippen molar-refractivity contribution in [3.05, 3.63) is 34.9 Å². The third-order valence-electron chi connectivity index (χ3n) is 3.44. The minimum absolute atomic E-state index is 0. The van der Waals surface area contributed by atoms with Crippen LogP contribution in [0.1, 0.15) is 27.9 Å². The van der Waals surface area contributed by atoms with Crippen molar-refractivity contribution in [1.29, 1.82) is 0 Å². The standard InChI is InChI=1S/C15H21NO2.ClH/c1-12-3-4-14(13(2)11-12)15(17)5-6-16-7-9-18-10-8-16;/h3-4,11H,5-10H2,1-2H3;1H. The van der Waals surface area contributed by atoms with Crippen molar-refractivity contribution in [1.82, 2.24) is 4.90 Å². The highest BCUT2D eigenvalue weighted by atomic mass is 35.5. The zero-order valence-electron chi connectivity index (χ0n) is 11.6. The van der Waals surface area contributed by atoms with Crippen molar-refractivity contribution in [3.8, 4) is 0 Å². The summed E-state index contributed by atoms with van der Waals surface area (Å²) in [7, 11) is 0. The van der Waals surface area contributed by atoms with Crippen molar-refractivity contribution >= 4 is 18.2 Å². The Morgan fingerprint density at radius 3 is 2.58 bits per heavy atom. The molecule has 0 unspecified atom stereocenters. The number of hydrogen-bond acceptors (Lipinski definition) is 3. The number of morpholine rings is 1. The Hall–Kier alpha value is -0.900. The maximum atomic E-state index is 12.2. The van der Waals surface area contributed by atoms with E-state index < -0.39 is 0 Å². The summed E-state index contributed by atoms with van der Waals surface area (Å²) in [5, 5.41) is 0. The highest BCUT2D eigenvalue weighted by molar-refractivity contribution is 5.97. The Kier molecular flexibility index (Phi) is 6.49. The van der Waals surface area contributed by atoms with Gasteiger partial charge in [-0.25, -0.2) is 0 Å². The molecule has 1 aromatic carbocycles. The van der Waals surface area contributed by atoms with E-state index in [-0.39, 0.29) is 18.2 Å². The second kappa shape index (κ2) is 7.63. The minimum atomic E-state index is 0. The third-order valence-corrected chi connectivity index (χ3v) is 3.44. The molecule has 0 amide bonds. The number of ether oxygens (including phenoxy) is 1. The predicted octanol–water partition coefficient (Wildman–Crippen LogP) is 2.63. The zero-order valence-corrected chi connectivity index (χ0v) is 12.5. The fraction of sp³-hybridized carbons (Fsp3) is 0.533. The van der Waals surface area contributed by atoms with Crippen molar-refractivity contribution in [2.45, 2.75) is 20.3 Å². The molecule has 0 aliphatic carbocycles. The van der Waals surface area contributed by atoms with Crippen LogP contribution in [0.25, 0.3) is 0 Å². The number of hydrogen-bond donors (Lipinski definition) is 0. The number of rotatable bonds is 4. The average molecular weight is 284 g/mol. The van der Waals surface area contributed by atoms with E-state index in [9.17, 15) is 4.79 Å². The molecule has 0 aromatic heterocycles. The van der Waals surface area contributed by atoms with Gasteiger partial charge in [-0.15, -0.1) is 12.4 Å². The van der Waals surface area contributed by atoms with Crippen molar-refractivity contribution in [2.24, 2.45) is 0 Å². The number of carbonyl (C=O) groups excluding carboxylic acids is 1. The highest BCUT2D eigenvalue weighted by Gasteiger charge is 2.14. The molecule has 4 heteroatoms. The second-order valence-electron chi connectivity index (χ2n) is 4.95. The Bertz CT molecular complexity index is 428. The number of benzene rings is 1. The Morgan fingerprint density at radius 1 is 1.26 bits per heavy atom. The lowest BCUT2D eigenvalue weighted by atomic mass is 10.0. The predicted molar refractivity (Wildman–Crippen MR) is 79.4 cm³/mol. The first-order valence-electron chi connectivity index (χ1n) is 6.57. The van der Waals surface area contributed by atoms with Gasteiger partial charge in [-0.1, -0.05) is 23.8 Å². The molecule has 2 rings (SSSR count). The number of ketones is 1. The number of Topliss-reactive ketones (excluding diaryl/α,β-unsaturated/α-hetero) is 1. The van der Waals surface area contributed by atoms with Gasteiger partial charge >= 0.3 is 0 Å². The molecule has 0 N–H and O–H groups in total. The van der Waals surface area contributed by atoms with Gasteiger partial charge in [0.05, 0.1) is 13.2 Å². The van der Waals surface area contributed by atoms with Gasteiger partial charge in [0.25, 0.3) is 0 Å². The van der Waals surface area contributed by atoms with E-state index in [0.29, 0.717) is 6.42 Å². The summed E-state index contributed by atoms with van der Waals surface area (Å²) in [6.45, 7) is 8.37. The topological polar surface area (TPSA) is 29.5 Å². The zero-order chi connectivity index (χ0) is 13.0. The number of aryl methyl sites for hydroxylation is 2. The molecule has 0 radical (unpaired) electrons. The van der Waals surface area contributed by atoms with Crippen LogP contribution < -0.4 is 0 Å². The largest absolute Gasteiger partial charge is 0.379 e. The number of halogens is 1. The van der Waals surface area contributed by atoms with E-state index in [1.165, 1.54) is 5.56 Å². The first kappa shape index (κ1) is 16.2. The Balaban J connectivity index is 0.00000180. The van der Waals surface area contributed by atoms with E-state index in [4.69, 9.17) is 4.74 Å². The van der Waals surface area contributed by atoms with E-state index in [1.807, 2.05) is 19.1 Å². The molecule has 1 heterocycles. The number of nitrogens with zero attached hydrogens (tertiary/aromatic N) is 1. The summed E-state index contributed by atoms with van der Waals surface area (Å²) in [5.41, 5.74) is 3.16. The molecule has 0 atom stereocenters. The lowest BCUT2D eigenvalue weighted by molar-refractivity contribution is 0.0370. The third kappa shape index (κ3) is 4.60. The van der Waals surface area contributed by atoms with Gasteiger partial charge in [-0.2, -0.15) is 0 Å². The molecule has 1 aliphatic heterocycles. The molecule has 0 spiro atoms. The van der Waals surface area contributed by atoms with E-state index in [0.717, 1.165) is 44.0 Å². The maximum absolute atomic E-state index is 12.2. The molecular weight excluding hydrogens is 262 g/mol.